The molecular formula is C26H36N2O3. The van der Waals surface area contributed by atoms with Gasteiger partial charge in [-0.3, -0.25) is 9.69 Å². The zero-order valence-corrected chi connectivity index (χ0v) is 19.4. The number of ether oxygens (including phenoxy) is 1. The second-order valence-electron chi connectivity index (χ2n) is 10.4. The Labute approximate surface area is 186 Å². The number of morpholine rings is 1. The van der Waals surface area contributed by atoms with Gasteiger partial charge >= 0.3 is 0 Å². The Morgan fingerprint density at radius 3 is 2.35 bits per heavy atom. The Balaban J connectivity index is 1.27. The average molecular weight is 425 g/mol. The molecule has 1 aromatic rings. The third kappa shape index (κ3) is 5.49. The molecule has 5 nitrogen and oxygen atoms in total. The molecule has 1 aromatic carbocycles. The number of amides is 1. The molecule has 1 spiro atoms. The standard InChI is InChI=1S/C26H36N2O3/c1-19-16-28(17-20(2)31-19)24(29)23-15-26(23)11-13-27(14-12-26)18-22-7-5-21(6-8-22)9-10-25(3,4)30/h5-8,19-20,23,30H,11-18H2,1-4H3/t19-,20+,23?. The Morgan fingerprint density at radius 1 is 1.16 bits per heavy atom. The summed E-state index contributed by atoms with van der Waals surface area (Å²) in [4.78, 5) is 17.6. The van der Waals surface area contributed by atoms with Crippen molar-refractivity contribution in [2.45, 2.75) is 71.3 Å². The first kappa shape index (κ1) is 22.3. The van der Waals surface area contributed by atoms with Crippen LogP contribution in [0, 0.1) is 23.2 Å². The zero-order chi connectivity index (χ0) is 22.2. The van der Waals surface area contributed by atoms with Crippen LogP contribution in [0.15, 0.2) is 24.3 Å². The smallest absolute Gasteiger partial charge is 0.226 e. The van der Waals surface area contributed by atoms with Crippen LogP contribution in [0.1, 0.15) is 58.1 Å². The van der Waals surface area contributed by atoms with E-state index < -0.39 is 5.60 Å². The molecule has 2 saturated heterocycles. The molecule has 0 bridgehead atoms. The van der Waals surface area contributed by atoms with E-state index in [9.17, 15) is 9.90 Å². The third-order valence-corrected chi connectivity index (χ3v) is 6.94. The minimum absolute atomic E-state index is 0.136. The molecule has 3 atom stereocenters. The summed E-state index contributed by atoms with van der Waals surface area (Å²) in [6, 6.07) is 8.31. The molecule has 0 aromatic heterocycles. The van der Waals surface area contributed by atoms with Gasteiger partial charge in [0.2, 0.25) is 5.91 Å². The second kappa shape index (κ2) is 8.58. The van der Waals surface area contributed by atoms with Gasteiger partial charge in [-0.25, -0.2) is 0 Å². The van der Waals surface area contributed by atoms with Gasteiger partial charge in [-0.1, -0.05) is 24.0 Å². The van der Waals surface area contributed by atoms with Crippen molar-refractivity contribution < 1.29 is 14.6 Å². The molecule has 1 amide bonds. The van der Waals surface area contributed by atoms with E-state index in [1.165, 1.54) is 5.56 Å². The van der Waals surface area contributed by atoms with Crippen LogP contribution in [0.4, 0.5) is 0 Å². The van der Waals surface area contributed by atoms with Crippen molar-refractivity contribution in [3.05, 3.63) is 35.4 Å². The van der Waals surface area contributed by atoms with Gasteiger partial charge in [-0.05, 0) is 83.2 Å². The molecule has 2 aliphatic heterocycles. The molecule has 1 unspecified atom stereocenters. The molecule has 0 radical (unpaired) electrons. The van der Waals surface area contributed by atoms with E-state index in [4.69, 9.17) is 4.74 Å². The van der Waals surface area contributed by atoms with E-state index in [-0.39, 0.29) is 23.5 Å². The summed E-state index contributed by atoms with van der Waals surface area (Å²) in [5.41, 5.74) is 1.48. The molecule has 3 aliphatic rings. The Morgan fingerprint density at radius 2 is 1.77 bits per heavy atom. The lowest BCUT2D eigenvalue weighted by Gasteiger charge is -2.37. The lowest BCUT2D eigenvalue weighted by Crippen LogP contribution is -2.49. The van der Waals surface area contributed by atoms with Gasteiger partial charge in [-0.15, -0.1) is 0 Å². The molecule has 31 heavy (non-hydrogen) atoms. The van der Waals surface area contributed by atoms with Crippen molar-refractivity contribution >= 4 is 5.91 Å². The predicted octanol–water partition coefficient (Wildman–Crippen LogP) is 3.05. The number of benzene rings is 1. The van der Waals surface area contributed by atoms with E-state index in [0.29, 0.717) is 5.91 Å². The third-order valence-electron chi connectivity index (χ3n) is 6.94. The summed E-state index contributed by atoms with van der Waals surface area (Å²) in [6.45, 7) is 12.0. The van der Waals surface area contributed by atoms with Gasteiger partial charge < -0.3 is 14.7 Å². The number of likely N-dealkylation sites (tertiary alicyclic amines) is 1. The number of rotatable bonds is 3. The molecule has 3 fully saturated rings. The maximum Gasteiger partial charge on any atom is 0.226 e. The van der Waals surface area contributed by atoms with Crippen molar-refractivity contribution in [1.29, 1.82) is 0 Å². The van der Waals surface area contributed by atoms with Crippen molar-refractivity contribution in [1.82, 2.24) is 9.80 Å². The van der Waals surface area contributed by atoms with Crippen LogP contribution < -0.4 is 0 Å². The quantitative estimate of drug-likeness (QED) is 0.758. The average Bonchev–Trinajstić information content (AvgIpc) is 3.41. The molecule has 168 valence electrons. The van der Waals surface area contributed by atoms with Crippen LogP contribution in [0.3, 0.4) is 0 Å². The van der Waals surface area contributed by atoms with E-state index >= 15 is 0 Å². The van der Waals surface area contributed by atoms with Crippen LogP contribution >= 0.6 is 0 Å². The Kier molecular flexibility index (Phi) is 6.18. The summed E-state index contributed by atoms with van der Waals surface area (Å²) in [6.07, 6.45) is 3.57. The Hall–Kier alpha value is -1.87. The van der Waals surface area contributed by atoms with Crippen LogP contribution in [-0.4, -0.2) is 64.8 Å². The number of carbonyl (C=O) groups is 1. The van der Waals surface area contributed by atoms with Gasteiger partial charge in [0, 0.05) is 31.1 Å². The van der Waals surface area contributed by atoms with E-state index in [2.05, 4.69) is 42.7 Å². The summed E-state index contributed by atoms with van der Waals surface area (Å²) in [5.74, 6) is 6.46. The maximum absolute atomic E-state index is 13.1. The number of carbonyl (C=O) groups excluding carboxylic acids is 1. The van der Waals surface area contributed by atoms with E-state index in [1.807, 2.05) is 17.0 Å². The first-order chi connectivity index (χ1) is 14.6. The maximum atomic E-state index is 13.1. The SMILES string of the molecule is C[C@@H]1CN(C(=O)C2CC23CCN(Cc2ccc(C#CC(C)(C)O)cc2)CC3)C[C@H](C)O1. The van der Waals surface area contributed by atoms with Crippen molar-refractivity contribution in [3.8, 4) is 11.8 Å². The molecule has 1 aliphatic carbocycles. The summed E-state index contributed by atoms with van der Waals surface area (Å²) < 4.78 is 5.79. The van der Waals surface area contributed by atoms with Crippen molar-refractivity contribution in [2.24, 2.45) is 11.3 Å². The fraction of sp³-hybridized carbons (Fsp3) is 0.654. The van der Waals surface area contributed by atoms with E-state index in [0.717, 1.165) is 57.5 Å². The largest absolute Gasteiger partial charge is 0.378 e. The van der Waals surface area contributed by atoms with Gasteiger partial charge in [0.1, 0.15) is 5.60 Å². The predicted molar refractivity (Wildman–Crippen MR) is 121 cm³/mol. The number of piperidine rings is 1. The van der Waals surface area contributed by atoms with Gasteiger partial charge in [0.25, 0.3) is 0 Å². The highest BCUT2D eigenvalue weighted by Crippen LogP contribution is 2.60. The Bertz CT molecular complexity index is 843. The number of nitrogens with zero attached hydrogens (tertiary/aromatic N) is 2. The lowest BCUT2D eigenvalue weighted by molar-refractivity contribution is -0.145. The summed E-state index contributed by atoms with van der Waals surface area (Å²) in [7, 11) is 0. The van der Waals surface area contributed by atoms with Crippen molar-refractivity contribution in [3.63, 3.8) is 0 Å². The van der Waals surface area contributed by atoms with Crippen LogP contribution in [-0.2, 0) is 16.1 Å². The van der Waals surface area contributed by atoms with Crippen LogP contribution in [0.25, 0.3) is 0 Å². The summed E-state index contributed by atoms with van der Waals surface area (Å²) in [5, 5.41) is 9.74. The highest BCUT2D eigenvalue weighted by molar-refractivity contribution is 5.83. The van der Waals surface area contributed by atoms with Gasteiger partial charge in [0.05, 0.1) is 12.2 Å². The minimum atomic E-state index is -0.969. The van der Waals surface area contributed by atoms with Gasteiger partial charge in [-0.2, -0.15) is 0 Å². The fourth-order valence-electron chi connectivity index (χ4n) is 5.16. The normalized spacial score (nSPS) is 28.2. The molecular weight excluding hydrogens is 388 g/mol. The van der Waals surface area contributed by atoms with Crippen LogP contribution in [0.2, 0.25) is 0 Å². The summed E-state index contributed by atoms with van der Waals surface area (Å²) >= 11 is 0. The highest BCUT2D eigenvalue weighted by atomic mass is 16.5. The minimum Gasteiger partial charge on any atom is -0.378 e. The molecule has 4 rings (SSSR count). The van der Waals surface area contributed by atoms with Crippen molar-refractivity contribution in [2.75, 3.05) is 26.2 Å². The first-order valence-electron chi connectivity index (χ1n) is 11.6. The molecule has 1 N–H and O–H groups in total. The van der Waals surface area contributed by atoms with E-state index in [1.54, 1.807) is 13.8 Å². The number of hydrogen-bond donors (Lipinski definition) is 1. The zero-order valence-electron chi connectivity index (χ0n) is 19.4. The van der Waals surface area contributed by atoms with Crippen LogP contribution in [0.5, 0.6) is 0 Å². The monoisotopic (exact) mass is 424 g/mol. The fourth-order valence-corrected chi connectivity index (χ4v) is 5.16. The topological polar surface area (TPSA) is 53.0 Å². The second-order valence-corrected chi connectivity index (χ2v) is 10.4. The molecule has 5 heteroatoms. The molecule has 2 heterocycles. The first-order valence-corrected chi connectivity index (χ1v) is 11.6. The molecule has 1 saturated carbocycles. The number of aliphatic hydroxyl groups is 1. The van der Waals surface area contributed by atoms with Gasteiger partial charge in [0.15, 0.2) is 0 Å². The lowest BCUT2D eigenvalue weighted by atomic mass is 9.90. The number of hydrogen-bond acceptors (Lipinski definition) is 4. The highest BCUT2D eigenvalue weighted by Gasteiger charge is 2.59.